The first-order valence-electron chi connectivity index (χ1n) is 13.5. The van der Waals surface area contributed by atoms with E-state index in [9.17, 15) is 9.90 Å². The van der Waals surface area contributed by atoms with Crippen LogP contribution in [0.1, 0.15) is 35.8 Å². The summed E-state index contributed by atoms with van der Waals surface area (Å²) in [5.74, 6) is 1.26. The Labute approximate surface area is 248 Å². The lowest BCUT2D eigenvalue weighted by molar-refractivity contribution is 0.0525. The van der Waals surface area contributed by atoms with E-state index < -0.39 is 5.97 Å². The number of benzene rings is 2. The highest BCUT2D eigenvalue weighted by Crippen LogP contribution is 2.38. The van der Waals surface area contributed by atoms with Crippen LogP contribution in [0, 0.1) is 6.92 Å². The summed E-state index contributed by atoms with van der Waals surface area (Å²) >= 11 is 6.42. The molecular weight excluding hydrogens is 562 g/mol. The predicted molar refractivity (Wildman–Crippen MR) is 160 cm³/mol. The largest absolute Gasteiger partial charge is 0.494 e. The summed E-state index contributed by atoms with van der Waals surface area (Å²) in [7, 11) is 3.11. The number of anilines is 3. The minimum absolute atomic E-state index is 0.106. The number of ether oxygens (including phenoxy) is 4. The SMILES string of the molecule is CCOC(=O)c1cc2cc(OC)c(Oc3nc(Nc4ccc(N5CCC(O)CC5)cc4OC)ncc3Cl)cc2nc1C. The van der Waals surface area contributed by atoms with Gasteiger partial charge in [-0.15, -0.1) is 0 Å². The van der Waals surface area contributed by atoms with E-state index in [0.29, 0.717) is 45.1 Å². The van der Waals surface area contributed by atoms with Gasteiger partial charge in [0.2, 0.25) is 11.8 Å². The number of carbonyl (C=O) groups is 1. The molecule has 0 amide bonds. The summed E-state index contributed by atoms with van der Waals surface area (Å²) in [6.45, 7) is 5.32. The van der Waals surface area contributed by atoms with Crippen molar-refractivity contribution in [3.63, 3.8) is 0 Å². The Morgan fingerprint density at radius 2 is 1.83 bits per heavy atom. The van der Waals surface area contributed by atoms with Crippen molar-refractivity contribution in [2.24, 2.45) is 0 Å². The molecule has 2 aromatic heterocycles. The fourth-order valence-electron chi connectivity index (χ4n) is 4.74. The van der Waals surface area contributed by atoms with Gasteiger partial charge in [0, 0.05) is 36.3 Å². The number of fused-ring (bicyclic) bond motifs is 1. The number of methoxy groups -OCH3 is 2. The molecule has 5 rings (SSSR count). The van der Waals surface area contributed by atoms with Crippen LogP contribution < -0.4 is 24.4 Å². The minimum atomic E-state index is -0.436. The molecule has 3 heterocycles. The Kier molecular flexibility index (Phi) is 8.79. The second kappa shape index (κ2) is 12.7. The highest BCUT2D eigenvalue weighted by Gasteiger charge is 2.20. The molecule has 0 saturated carbocycles. The normalized spacial score (nSPS) is 13.6. The van der Waals surface area contributed by atoms with Crippen molar-refractivity contribution in [3.8, 4) is 23.1 Å². The molecule has 0 atom stereocenters. The van der Waals surface area contributed by atoms with Gasteiger partial charge in [-0.1, -0.05) is 11.6 Å². The molecule has 0 radical (unpaired) electrons. The Morgan fingerprint density at radius 3 is 2.55 bits per heavy atom. The van der Waals surface area contributed by atoms with E-state index in [-0.39, 0.29) is 29.6 Å². The number of aromatic nitrogens is 3. The molecule has 0 unspecified atom stereocenters. The topological polar surface area (TPSA) is 128 Å². The number of rotatable bonds is 9. The molecule has 12 heteroatoms. The number of hydrogen-bond donors (Lipinski definition) is 2. The number of aliphatic hydroxyl groups is 1. The van der Waals surface area contributed by atoms with Crippen LogP contribution in [-0.4, -0.2) is 66.0 Å². The number of aryl methyl sites for hydroxylation is 1. The van der Waals surface area contributed by atoms with Crippen molar-refractivity contribution >= 4 is 45.8 Å². The lowest BCUT2D eigenvalue weighted by Gasteiger charge is -2.31. The summed E-state index contributed by atoms with van der Waals surface area (Å²) in [4.78, 5) is 27.9. The Balaban J connectivity index is 1.40. The zero-order chi connectivity index (χ0) is 29.8. The maximum atomic E-state index is 12.3. The van der Waals surface area contributed by atoms with Crippen molar-refractivity contribution in [1.82, 2.24) is 15.0 Å². The van der Waals surface area contributed by atoms with Crippen LogP contribution in [0.4, 0.5) is 17.3 Å². The second-order valence-electron chi connectivity index (χ2n) is 9.71. The zero-order valence-corrected chi connectivity index (χ0v) is 24.6. The number of hydrogen-bond acceptors (Lipinski definition) is 11. The first-order chi connectivity index (χ1) is 20.3. The van der Waals surface area contributed by atoms with Gasteiger partial charge in [-0.25, -0.2) is 9.78 Å². The van der Waals surface area contributed by atoms with Crippen LogP contribution in [0.2, 0.25) is 5.02 Å². The van der Waals surface area contributed by atoms with E-state index in [1.54, 1.807) is 39.2 Å². The van der Waals surface area contributed by atoms with E-state index in [1.807, 2.05) is 18.2 Å². The van der Waals surface area contributed by atoms with E-state index in [2.05, 4.69) is 25.2 Å². The van der Waals surface area contributed by atoms with Gasteiger partial charge in [0.25, 0.3) is 0 Å². The molecule has 1 aliphatic rings. The van der Waals surface area contributed by atoms with E-state index >= 15 is 0 Å². The fourth-order valence-corrected chi connectivity index (χ4v) is 4.87. The van der Waals surface area contributed by atoms with Crippen molar-refractivity contribution < 1.29 is 28.8 Å². The Bertz CT molecular complexity index is 1610. The molecule has 42 heavy (non-hydrogen) atoms. The Morgan fingerprint density at radius 1 is 1.07 bits per heavy atom. The molecule has 1 aliphatic heterocycles. The van der Waals surface area contributed by atoms with Crippen LogP contribution in [0.25, 0.3) is 10.9 Å². The molecule has 0 spiro atoms. The summed E-state index contributed by atoms with van der Waals surface area (Å²) in [6, 6.07) is 11.0. The van der Waals surface area contributed by atoms with Crippen LogP contribution in [0.3, 0.4) is 0 Å². The quantitative estimate of drug-likeness (QED) is 0.233. The third-order valence-electron chi connectivity index (χ3n) is 6.97. The molecule has 1 fully saturated rings. The number of piperidine rings is 1. The maximum Gasteiger partial charge on any atom is 0.339 e. The Hall–Kier alpha value is -4.35. The summed E-state index contributed by atoms with van der Waals surface area (Å²) in [5, 5.41) is 13.9. The molecule has 2 N–H and O–H groups in total. The van der Waals surface area contributed by atoms with Crippen molar-refractivity contribution in [1.29, 1.82) is 0 Å². The predicted octanol–water partition coefficient (Wildman–Crippen LogP) is 5.68. The molecule has 2 aromatic carbocycles. The number of aliphatic hydroxyl groups excluding tert-OH is 1. The van der Waals surface area contributed by atoms with Gasteiger partial charge in [0.1, 0.15) is 10.8 Å². The number of pyridine rings is 1. The summed E-state index contributed by atoms with van der Waals surface area (Å²) in [6.07, 6.45) is 2.65. The lowest BCUT2D eigenvalue weighted by Crippen LogP contribution is -2.35. The molecule has 220 valence electrons. The number of nitrogens with one attached hydrogen (secondary N) is 1. The second-order valence-corrected chi connectivity index (χ2v) is 10.1. The summed E-state index contributed by atoms with van der Waals surface area (Å²) in [5.41, 5.74) is 3.17. The number of nitrogens with zero attached hydrogens (tertiary/aromatic N) is 4. The van der Waals surface area contributed by atoms with E-state index in [1.165, 1.54) is 13.3 Å². The average Bonchev–Trinajstić information content (AvgIpc) is 2.99. The van der Waals surface area contributed by atoms with Gasteiger partial charge >= 0.3 is 5.97 Å². The highest BCUT2D eigenvalue weighted by atomic mass is 35.5. The minimum Gasteiger partial charge on any atom is -0.494 e. The van der Waals surface area contributed by atoms with Gasteiger partial charge in [-0.3, -0.25) is 4.98 Å². The van der Waals surface area contributed by atoms with Crippen molar-refractivity contribution in [3.05, 3.63) is 58.9 Å². The third kappa shape index (κ3) is 6.27. The molecule has 1 saturated heterocycles. The van der Waals surface area contributed by atoms with Gasteiger partial charge in [-0.2, -0.15) is 4.98 Å². The van der Waals surface area contributed by atoms with Gasteiger partial charge < -0.3 is 34.3 Å². The fraction of sp³-hybridized carbons (Fsp3) is 0.333. The van der Waals surface area contributed by atoms with Crippen molar-refractivity contribution in [2.75, 3.05) is 44.1 Å². The molecule has 0 aliphatic carbocycles. The van der Waals surface area contributed by atoms with Gasteiger partial charge in [-0.05, 0) is 51.0 Å². The molecular formula is C30H32ClN5O6. The third-order valence-corrected chi connectivity index (χ3v) is 7.23. The van der Waals surface area contributed by atoms with Crippen LogP contribution >= 0.6 is 11.6 Å². The van der Waals surface area contributed by atoms with Crippen LogP contribution in [-0.2, 0) is 4.74 Å². The summed E-state index contributed by atoms with van der Waals surface area (Å²) < 4.78 is 22.4. The van der Waals surface area contributed by atoms with Crippen LogP contribution in [0.5, 0.6) is 23.1 Å². The van der Waals surface area contributed by atoms with Gasteiger partial charge in [0.05, 0.1) is 55.6 Å². The van der Waals surface area contributed by atoms with Gasteiger partial charge in [0.15, 0.2) is 11.5 Å². The van der Waals surface area contributed by atoms with E-state index in [4.69, 9.17) is 30.5 Å². The zero-order valence-electron chi connectivity index (χ0n) is 23.8. The first-order valence-corrected chi connectivity index (χ1v) is 13.9. The monoisotopic (exact) mass is 593 g/mol. The standard InChI is InChI=1S/C30H32ClN5O6/c1-5-41-29(38)21-12-18-13-26(40-4)27(15-24(18)33-17(21)2)42-28-22(31)16-32-30(35-28)34-23-7-6-19(14-25(23)39-3)36-10-8-20(37)9-11-36/h6-7,12-16,20,37H,5,8-11H2,1-4H3,(H,32,34,35). The average molecular weight is 594 g/mol. The number of esters is 1. The van der Waals surface area contributed by atoms with E-state index in [0.717, 1.165) is 31.6 Å². The van der Waals surface area contributed by atoms with Crippen molar-refractivity contribution in [2.45, 2.75) is 32.8 Å². The maximum absolute atomic E-state index is 12.3. The number of halogens is 1. The molecule has 11 nitrogen and oxygen atoms in total. The highest BCUT2D eigenvalue weighted by molar-refractivity contribution is 6.31. The van der Waals surface area contributed by atoms with Crippen LogP contribution in [0.15, 0.2) is 42.6 Å². The lowest BCUT2D eigenvalue weighted by atomic mass is 10.1. The molecule has 0 bridgehead atoms. The molecule has 4 aromatic rings. The first kappa shape index (κ1) is 29.2. The smallest absolute Gasteiger partial charge is 0.339 e. The number of carbonyl (C=O) groups excluding carboxylic acids is 1.